The lowest BCUT2D eigenvalue weighted by Gasteiger charge is -2.33. The molecule has 4 rings (SSSR count). The maximum Gasteiger partial charge on any atom is 0.407 e. The summed E-state index contributed by atoms with van der Waals surface area (Å²) in [6, 6.07) is 8.58. The quantitative estimate of drug-likeness (QED) is 0.166. The van der Waals surface area contributed by atoms with Gasteiger partial charge in [-0.3, -0.25) is 19.4 Å². The van der Waals surface area contributed by atoms with Crippen molar-refractivity contribution >= 4 is 35.8 Å². The van der Waals surface area contributed by atoms with Crippen LogP contribution in [-0.4, -0.2) is 86.6 Å². The standard InChI is InChI=1S/C34H43N5O9/c40-29(39-27-14-5-4-11-23(27)19-28(39)33(45)46)16-15-26(32(43)44)38-31(42)25(37-30(41)24-12-8-17-35-20-24)13-6-7-18-36-34(47)48-21-22-9-2-1-3-10-22/h1-3,8-10,12,17,20,23,25-28H,4-7,11,13-16,18-19,21H2,(H,36,47)(H,37,41)(H,38,42)(H,43,44)(H,45,46)/t23-,25-,26+,27-,28-/m0/s1. The number of nitrogens with one attached hydrogen (secondary N) is 3. The molecule has 14 nitrogen and oxygen atoms in total. The van der Waals surface area contributed by atoms with Gasteiger partial charge in [0.25, 0.3) is 5.91 Å². The van der Waals surface area contributed by atoms with E-state index in [9.17, 15) is 39.0 Å². The molecule has 1 aliphatic carbocycles. The minimum Gasteiger partial charge on any atom is -0.480 e. The van der Waals surface area contributed by atoms with Gasteiger partial charge in [-0.1, -0.05) is 43.2 Å². The van der Waals surface area contributed by atoms with Crippen LogP contribution in [0.2, 0.25) is 0 Å². The minimum atomic E-state index is -1.45. The van der Waals surface area contributed by atoms with E-state index in [1.807, 2.05) is 30.3 Å². The van der Waals surface area contributed by atoms with Crippen molar-refractivity contribution in [1.29, 1.82) is 0 Å². The van der Waals surface area contributed by atoms with E-state index in [0.717, 1.165) is 24.8 Å². The molecule has 1 aromatic carbocycles. The summed E-state index contributed by atoms with van der Waals surface area (Å²) in [5.74, 6) is -4.11. The fourth-order valence-corrected chi connectivity index (χ4v) is 6.41. The first-order valence-electron chi connectivity index (χ1n) is 16.4. The fraction of sp³-hybridized carbons (Fsp3) is 0.500. The Labute approximate surface area is 278 Å². The second-order valence-electron chi connectivity index (χ2n) is 12.2. The lowest BCUT2D eigenvalue weighted by molar-refractivity contribution is -0.150. The van der Waals surface area contributed by atoms with Gasteiger partial charge in [0, 0.05) is 31.4 Å². The number of carbonyl (C=O) groups is 6. The van der Waals surface area contributed by atoms with Gasteiger partial charge >= 0.3 is 18.0 Å². The van der Waals surface area contributed by atoms with Crippen molar-refractivity contribution in [1.82, 2.24) is 25.8 Å². The maximum absolute atomic E-state index is 13.4. The Kier molecular flexibility index (Phi) is 13.3. The van der Waals surface area contributed by atoms with Crippen LogP contribution in [0.25, 0.3) is 0 Å². The summed E-state index contributed by atoms with van der Waals surface area (Å²) in [5, 5.41) is 27.4. The topological polar surface area (TPSA) is 204 Å². The zero-order valence-corrected chi connectivity index (χ0v) is 26.7. The first kappa shape index (κ1) is 35.8. The molecule has 14 heteroatoms. The van der Waals surface area contributed by atoms with Crippen LogP contribution >= 0.6 is 0 Å². The molecule has 1 saturated carbocycles. The van der Waals surface area contributed by atoms with Crippen molar-refractivity contribution in [3.05, 3.63) is 66.0 Å². The molecule has 1 aliphatic heterocycles. The first-order chi connectivity index (χ1) is 23.1. The smallest absolute Gasteiger partial charge is 0.407 e. The van der Waals surface area contributed by atoms with Gasteiger partial charge < -0.3 is 35.8 Å². The van der Waals surface area contributed by atoms with Crippen molar-refractivity contribution in [3.8, 4) is 0 Å². The van der Waals surface area contributed by atoms with Gasteiger partial charge in [-0.05, 0) is 68.6 Å². The lowest BCUT2D eigenvalue weighted by Crippen LogP contribution is -2.52. The number of nitrogens with zero attached hydrogens (tertiary/aromatic N) is 2. The highest BCUT2D eigenvalue weighted by Gasteiger charge is 2.47. The minimum absolute atomic E-state index is 0.109. The number of hydrogen-bond donors (Lipinski definition) is 5. The number of pyridine rings is 1. The summed E-state index contributed by atoms with van der Waals surface area (Å²) >= 11 is 0. The number of rotatable bonds is 16. The van der Waals surface area contributed by atoms with Gasteiger partial charge in [0.2, 0.25) is 11.8 Å². The second-order valence-corrected chi connectivity index (χ2v) is 12.2. The number of carboxylic acids is 2. The molecule has 0 spiro atoms. The molecular formula is C34H43N5O9. The second kappa shape index (κ2) is 17.8. The van der Waals surface area contributed by atoms with Crippen LogP contribution in [0.15, 0.2) is 54.9 Å². The predicted molar refractivity (Wildman–Crippen MR) is 171 cm³/mol. The van der Waals surface area contributed by atoms with E-state index in [0.29, 0.717) is 25.7 Å². The third-order valence-corrected chi connectivity index (χ3v) is 8.87. The number of ether oxygens (including phenoxy) is 1. The molecule has 258 valence electrons. The van der Waals surface area contributed by atoms with Crippen molar-refractivity contribution in [3.63, 3.8) is 0 Å². The van der Waals surface area contributed by atoms with Gasteiger partial charge in [0.1, 0.15) is 24.7 Å². The predicted octanol–water partition coefficient (Wildman–Crippen LogP) is 2.87. The third-order valence-electron chi connectivity index (χ3n) is 8.87. The normalized spacial score (nSPS) is 19.7. The summed E-state index contributed by atoms with van der Waals surface area (Å²) in [5.41, 5.74) is 1.05. The van der Waals surface area contributed by atoms with E-state index >= 15 is 0 Å². The first-order valence-corrected chi connectivity index (χ1v) is 16.4. The number of unbranched alkanes of at least 4 members (excludes halogenated alkanes) is 1. The molecule has 2 fully saturated rings. The Morgan fingerprint density at radius 1 is 0.917 bits per heavy atom. The van der Waals surface area contributed by atoms with Gasteiger partial charge in [0.15, 0.2) is 0 Å². The highest BCUT2D eigenvalue weighted by Crippen LogP contribution is 2.40. The molecule has 1 saturated heterocycles. The summed E-state index contributed by atoms with van der Waals surface area (Å²) < 4.78 is 5.19. The Hall–Kier alpha value is -5.01. The number of carboxylic acid groups (broad SMARTS) is 2. The van der Waals surface area contributed by atoms with Crippen LogP contribution in [0.5, 0.6) is 0 Å². The molecule has 4 amide bonds. The molecule has 0 unspecified atom stereocenters. The van der Waals surface area contributed by atoms with Gasteiger partial charge in [0.05, 0.1) is 5.56 Å². The molecule has 5 atom stereocenters. The lowest BCUT2D eigenvalue weighted by atomic mass is 9.84. The van der Waals surface area contributed by atoms with Gasteiger partial charge in [-0.2, -0.15) is 0 Å². The van der Waals surface area contributed by atoms with Crippen LogP contribution in [0.1, 0.15) is 80.1 Å². The van der Waals surface area contributed by atoms with Gasteiger partial charge in [-0.25, -0.2) is 14.4 Å². The van der Waals surface area contributed by atoms with E-state index in [1.54, 1.807) is 6.07 Å². The molecule has 2 aromatic rings. The van der Waals surface area contributed by atoms with Crippen molar-refractivity contribution in [2.24, 2.45) is 5.92 Å². The fourth-order valence-electron chi connectivity index (χ4n) is 6.41. The number of alkyl carbamates (subject to hydrolysis) is 1. The largest absolute Gasteiger partial charge is 0.480 e. The van der Waals surface area contributed by atoms with Crippen LogP contribution in [0.3, 0.4) is 0 Å². The number of carbonyl (C=O) groups excluding carboxylic acids is 4. The monoisotopic (exact) mass is 665 g/mol. The van der Waals surface area contributed by atoms with E-state index in [1.165, 1.54) is 23.4 Å². The number of aliphatic carboxylic acids is 2. The van der Waals surface area contributed by atoms with Crippen LogP contribution in [0.4, 0.5) is 4.79 Å². The number of benzene rings is 1. The van der Waals surface area contributed by atoms with Crippen LogP contribution < -0.4 is 16.0 Å². The zero-order chi connectivity index (χ0) is 34.5. The van der Waals surface area contributed by atoms with E-state index < -0.39 is 53.9 Å². The Bertz CT molecular complexity index is 1420. The number of hydrogen-bond acceptors (Lipinski definition) is 8. The summed E-state index contributed by atoms with van der Waals surface area (Å²) in [6.07, 6.45) is 6.49. The zero-order valence-electron chi connectivity index (χ0n) is 26.7. The molecule has 0 radical (unpaired) electrons. The Morgan fingerprint density at radius 3 is 2.40 bits per heavy atom. The van der Waals surface area contributed by atoms with Crippen LogP contribution in [-0.2, 0) is 30.5 Å². The van der Waals surface area contributed by atoms with E-state index in [-0.39, 0.29) is 49.9 Å². The number of fused-ring (bicyclic) bond motifs is 1. The van der Waals surface area contributed by atoms with Crippen molar-refractivity contribution in [2.45, 2.75) is 95.0 Å². The van der Waals surface area contributed by atoms with Crippen molar-refractivity contribution < 1.29 is 43.7 Å². The highest BCUT2D eigenvalue weighted by molar-refractivity contribution is 5.98. The molecule has 2 aliphatic rings. The number of likely N-dealkylation sites (tertiary alicyclic amines) is 1. The van der Waals surface area contributed by atoms with E-state index in [4.69, 9.17) is 4.74 Å². The highest BCUT2D eigenvalue weighted by atomic mass is 16.5. The molecule has 2 heterocycles. The SMILES string of the molecule is O=C(NCCCC[C@H](NC(=O)c1cccnc1)C(=O)N[C@H](CCC(=O)N1[C@H](C(=O)O)C[C@@H]2CCCC[C@@H]21)C(=O)O)OCc1ccccc1. The molecule has 5 N–H and O–H groups in total. The Balaban J connectivity index is 1.32. The molecule has 48 heavy (non-hydrogen) atoms. The van der Waals surface area contributed by atoms with Crippen LogP contribution in [0, 0.1) is 5.92 Å². The molecule has 0 bridgehead atoms. The Morgan fingerprint density at radius 2 is 1.69 bits per heavy atom. The molecule has 1 aromatic heterocycles. The average molecular weight is 666 g/mol. The average Bonchev–Trinajstić information content (AvgIpc) is 3.49. The van der Waals surface area contributed by atoms with Gasteiger partial charge in [-0.15, -0.1) is 0 Å². The molecular weight excluding hydrogens is 622 g/mol. The maximum atomic E-state index is 13.4. The van der Waals surface area contributed by atoms with E-state index in [2.05, 4.69) is 20.9 Å². The summed E-state index contributed by atoms with van der Waals surface area (Å²) in [6.45, 7) is 0.360. The summed E-state index contributed by atoms with van der Waals surface area (Å²) in [7, 11) is 0. The number of aromatic nitrogens is 1. The third kappa shape index (κ3) is 10.2. The van der Waals surface area contributed by atoms with Crippen molar-refractivity contribution in [2.75, 3.05) is 6.54 Å². The summed E-state index contributed by atoms with van der Waals surface area (Å²) in [4.78, 5) is 81.0. The number of amides is 4.